The summed E-state index contributed by atoms with van der Waals surface area (Å²) in [6.45, 7) is 0.920. The summed E-state index contributed by atoms with van der Waals surface area (Å²) < 4.78 is 34.6. The molecule has 0 saturated carbocycles. The van der Waals surface area contributed by atoms with Crippen LogP contribution in [0.25, 0.3) is 11.5 Å². The molecular weight excluding hydrogens is 348 g/mol. The van der Waals surface area contributed by atoms with Crippen LogP contribution in [0.15, 0.2) is 27.4 Å². The van der Waals surface area contributed by atoms with E-state index in [1.54, 1.807) is 11.0 Å². The van der Waals surface area contributed by atoms with Crippen LogP contribution in [0, 0.1) is 0 Å². The van der Waals surface area contributed by atoms with Crippen molar-refractivity contribution < 1.29 is 22.0 Å². The Kier molecular flexibility index (Phi) is 4.91. The molecule has 3 rings (SSSR count). The van der Waals surface area contributed by atoms with Crippen LogP contribution in [-0.2, 0) is 14.8 Å². The van der Waals surface area contributed by atoms with Gasteiger partial charge in [0, 0.05) is 26.1 Å². The first kappa shape index (κ1) is 17.6. The van der Waals surface area contributed by atoms with Gasteiger partial charge in [-0.15, -0.1) is 10.2 Å². The number of carbonyl (C=O) groups excluding carboxylic acids is 1. The molecule has 1 aliphatic heterocycles. The molecule has 0 bridgehead atoms. The molecule has 0 aliphatic carbocycles. The highest BCUT2D eigenvalue weighted by molar-refractivity contribution is 7.88. The van der Waals surface area contributed by atoms with Gasteiger partial charge in [0.25, 0.3) is 5.89 Å². The molecule has 0 aromatic carbocycles. The predicted octanol–water partition coefficient (Wildman–Crippen LogP) is 0.927. The summed E-state index contributed by atoms with van der Waals surface area (Å²) in [5.41, 5.74) is 0.732. The number of hydrogen-bond donors (Lipinski definition) is 0. The van der Waals surface area contributed by atoms with Crippen molar-refractivity contribution in [3.63, 3.8) is 0 Å². The second-order valence-corrected chi connectivity index (χ2v) is 8.22. The minimum Gasteiger partial charge on any atom is -0.472 e. The number of sulfonamides is 1. The lowest BCUT2D eigenvalue weighted by atomic mass is 9.97. The first-order valence-electron chi connectivity index (χ1n) is 7.89. The molecule has 0 atom stereocenters. The molecular formula is C15H20N4O5S. The van der Waals surface area contributed by atoms with Gasteiger partial charge < -0.3 is 13.7 Å². The van der Waals surface area contributed by atoms with E-state index in [-0.39, 0.29) is 18.4 Å². The van der Waals surface area contributed by atoms with E-state index in [9.17, 15) is 13.2 Å². The Morgan fingerprint density at radius 3 is 2.68 bits per heavy atom. The highest BCUT2D eigenvalue weighted by Gasteiger charge is 2.28. The van der Waals surface area contributed by atoms with Crippen LogP contribution in [-0.4, -0.2) is 66.7 Å². The van der Waals surface area contributed by atoms with Crippen LogP contribution in [0.2, 0.25) is 0 Å². The summed E-state index contributed by atoms with van der Waals surface area (Å²) in [6, 6.07) is 1.75. The minimum atomic E-state index is -3.36. The predicted molar refractivity (Wildman–Crippen MR) is 88.0 cm³/mol. The summed E-state index contributed by atoms with van der Waals surface area (Å²) in [7, 11) is -1.97. The van der Waals surface area contributed by atoms with Gasteiger partial charge in [-0.25, -0.2) is 8.42 Å². The first-order valence-corrected chi connectivity index (χ1v) is 9.74. The van der Waals surface area contributed by atoms with E-state index >= 15 is 0 Å². The molecule has 0 radical (unpaired) electrons. The largest absolute Gasteiger partial charge is 0.472 e. The van der Waals surface area contributed by atoms with Gasteiger partial charge in [0.2, 0.25) is 21.8 Å². The quantitative estimate of drug-likeness (QED) is 0.772. The standard InChI is InChI=1S/C15H20N4O5S/c1-18(25(2,21)22)9-13(20)19-6-3-11(4-7-19)14-16-17-15(24-14)12-5-8-23-10-12/h5,8,10-11H,3-4,6-7,9H2,1-2H3. The Bertz CT molecular complexity index is 822. The van der Waals surface area contributed by atoms with E-state index in [0.29, 0.717) is 37.7 Å². The number of piperidine rings is 1. The molecule has 1 saturated heterocycles. The van der Waals surface area contributed by atoms with E-state index in [2.05, 4.69) is 10.2 Å². The van der Waals surface area contributed by atoms with Crippen molar-refractivity contribution in [3.8, 4) is 11.5 Å². The Labute approximate surface area is 145 Å². The summed E-state index contributed by atoms with van der Waals surface area (Å²) in [5.74, 6) is 0.856. The van der Waals surface area contributed by atoms with Gasteiger partial charge in [0.1, 0.15) is 6.26 Å². The van der Waals surface area contributed by atoms with Crippen molar-refractivity contribution in [2.24, 2.45) is 0 Å². The first-order chi connectivity index (χ1) is 11.8. The summed E-state index contributed by atoms with van der Waals surface area (Å²) >= 11 is 0. The number of rotatable bonds is 5. The topological polar surface area (TPSA) is 110 Å². The van der Waals surface area contributed by atoms with Crippen LogP contribution in [0.5, 0.6) is 0 Å². The van der Waals surface area contributed by atoms with Crippen LogP contribution < -0.4 is 0 Å². The van der Waals surface area contributed by atoms with E-state index in [1.807, 2.05) is 0 Å². The highest BCUT2D eigenvalue weighted by Crippen LogP contribution is 2.29. The number of aromatic nitrogens is 2. The third kappa shape index (κ3) is 4.07. The maximum absolute atomic E-state index is 12.2. The van der Waals surface area contributed by atoms with Crippen molar-refractivity contribution in [2.45, 2.75) is 18.8 Å². The fraction of sp³-hybridized carbons (Fsp3) is 0.533. The molecule has 0 N–H and O–H groups in total. The molecule has 136 valence electrons. The minimum absolute atomic E-state index is 0.0878. The molecule has 1 aliphatic rings. The van der Waals surface area contributed by atoms with E-state index < -0.39 is 10.0 Å². The number of likely N-dealkylation sites (N-methyl/N-ethyl adjacent to an activating group) is 1. The average molecular weight is 368 g/mol. The second-order valence-electron chi connectivity index (χ2n) is 6.13. The smallest absolute Gasteiger partial charge is 0.250 e. The maximum atomic E-state index is 12.2. The van der Waals surface area contributed by atoms with Gasteiger partial charge in [0.05, 0.1) is 24.6 Å². The highest BCUT2D eigenvalue weighted by atomic mass is 32.2. The van der Waals surface area contributed by atoms with Crippen molar-refractivity contribution in [1.82, 2.24) is 19.4 Å². The molecule has 1 fully saturated rings. The molecule has 9 nitrogen and oxygen atoms in total. The lowest BCUT2D eigenvalue weighted by Gasteiger charge is -2.31. The van der Waals surface area contributed by atoms with Crippen LogP contribution in [0.4, 0.5) is 0 Å². The van der Waals surface area contributed by atoms with E-state index in [1.165, 1.54) is 19.6 Å². The van der Waals surface area contributed by atoms with E-state index in [4.69, 9.17) is 8.83 Å². The number of furan rings is 1. The average Bonchev–Trinajstić information content (AvgIpc) is 3.25. The molecule has 1 amide bonds. The number of amides is 1. The fourth-order valence-electron chi connectivity index (χ4n) is 2.69. The van der Waals surface area contributed by atoms with Gasteiger partial charge in [0.15, 0.2) is 0 Å². The Morgan fingerprint density at radius 2 is 2.08 bits per heavy atom. The Hall–Kier alpha value is -2.20. The lowest BCUT2D eigenvalue weighted by Crippen LogP contribution is -2.44. The monoisotopic (exact) mass is 368 g/mol. The summed E-state index contributed by atoms with van der Waals surface area (Å²) in [6.07, 6.45) is 5.55. The fourth-order valence-corrected chi connectivity index (χ4v) is 3.03. The summed E-state index contributed by atoms with van der Waals surface area (Å²) in [5, 5.41) is 8.12. The number of likely N-dealkylation sites (tertiary alicyclic amines) is 1. The molecule has 3 heterocycles. The van der Waals surface area contributed by atoms with Gasteiger partial charge in [-0.05, 0) is 18.9 Å². The summed E-state index contributed by atoms with van der Waals surface area (Å²) in [4.78, 5) is 13.9. The SMILES string of the molecule is CN(CC(=O)N1CCC(c2nnc(-c3ccoc3)o2)CC1)S(C)(=O)=O. The zero-order chi connectivity index (χ0) is 18.0. The number of nitrogens with zero attached hydrogens (tertiary/aromatic N) is 4. The molecule has 10 heteroatoms. The second kappa shape index (κ2) is 6.96. The van der Waals surface area contributed by atoms with Crippen LogP contribution >= 0.6 is 0 Å². The van der Waals surface area contributed by atoms with Gasteiger partial charge in [-0.3, -0.25) is 4.79 Å². The Morgan fingerprint density at radius 1 is 1.36 bits per heavy atom. The van der Waals surface area contributed by atoms with Crippen molar-refractivity contribution in [3.05, 3.63) is 24.5 Å². The number of hydrogen-bond acceptors (Lipinski definition) is 7. The van der Waals surface area contributed by atoms with Crippen LogP contribution in [0.1, 0.15) is 24.7 Å². The lowest BCUT2D eigenvalue weighted by molar-refractivity contribution is -0.132. The third-order valence-electron chi connectivity index (χ3n) is 4.33. The van der Waals surface area contributed by atoms with Gasteiger partial charge >= 0.3 is 0 Å². The number of carbonyl (C=O) groups is 1. The zero-order valence-corrected chi connectivity index (χ0v) is 14.9. The van der Waals surface area contributed by atoms with Crippen LogP contribution in [0.3, 0.4) is 0 Å². The molecule has 0 spiro atoms. The Balaban J connectivity index is 1.56. The molecule has 0 unspecified atom stereocenters. The molecule has 25 heavy (non-hydrogen) atoms. The molecule has 2 aromatic rings. The van der Waals surface area contributed by atoms with E-state index in [0.717, 1.165) is 16.1 Å². The van der Waals surface area contributed by atoms with Gasteiger partial charge in [-0.2, -0.15) is 4.31 Å². The molecule has 2 aromatic heterocycles. The zero-order valence-electron chi connectivity index (χ0n) is 14.1. The van der Waals surface area contributed by atoms with Crippen molar-refractivity contribution >= 4 is 15.9 Å². The van der Waals surface area contributed by atoms with Crippen molar-refractivity contribution in [2.75, 3.05) is 32.9 Å². The third-order valence-corrected chi connectivity index (χ3v) is 5.59. The maximum Gasteiger partial charge on any atom is 0.250 e. The van der Waals surface area contributed by atoms with Crippen molar-refractivity contribution in [1.29, 1.82) is 0 Å². The van der Waals surface area contributed by atoms with Gasteiger partial charge in [-0.1, -0.05) is 0 Å². The normalized spacial score (nSPS) is 16.5.